The van der Waals surface area contributed by atoms with Crippen LogP contribution in [0, 0.1) is 5.92 Å². The summed E-state index contributed by atoms with van der Waals surface area (Å²) in [4.78, 5) is 0. The van der Waals surface area contributed by atoms with Crippen LogP contribution < -0.4 is 4.74 Å². The molecule has 19 heavy (non-hydrogen) atoms. The molecule has 0 aliphatic heterocycles. The first-order chi connectivity index (χ1) is 9.22. The summed E-state index contributed by atoms with van der Waals surface area (Å²) >= 11 is 0. The van der Waals surface area contributed by atoms with Gasteiger partial charge in [0.25, 0.3) is 0 Å². The summed E-state index contributed by atoms with van der Waals surface area (Å²) < 4.78 is 5.62. The van der Waals surface area contributed by atoms with Gasteiger partial charge in [0.15, 0.2) is 0 Å². The second kappa shape index (κ2) is 9.71. The first kappa shape index (κ1) is 15.9. The van der Waals surface area contributed by atoms with Gasteiger partial charge in [-0.15, -0.1) is 0 Å². The van der Waals surface area contributed by atoms with Gasteiger partial charge in [-0.25, -0.2) is 0 Å². The molecule has 0 aliphatic rings. The summed E-state index contributed by atoms with van der Waals surface area (Å²) in [6.45, 7) is 5.39. The minimum atomic E-state index is 0.286. The summed E-state index contributed by atoms with van der Waals surface area (Å²) in [5, 5.41) is 9.16. The topological polar surface area (TPSA) is 29.5 Å². The number of phenols is 1. The number of benzene rings is 1. The van der Waals surface area contributed by atoms with E-state index in [2.05, 4.69) is 13.8 Å². The minimum Gasteiger partial charge on any atom is -0.508 e. The fourth-order valence-corrected chi connectivity index (χ4v) is 2.20. The molecular formula is C17H28O2. The lowest BCUT2D eigenvalue weighted by atomic mass is 9.98. The highest BCUT2D eigenvalue weighted by atomic mass is 16.5. The van der Waals surface area contributed by atoms with Crippen molar-refractivity contribution in [3.8, 4) is 11.5 Å². The van der Waals surface area contributed by atoms with Gasteiger partial charge in [-0.1, -0.05) is 52.4 Å². The minimum absolute atomic E-state index is 0.286. The van der Waals surface area contributed by atoms with Crippen LogP contribution in [-0.4, -0.2) is 11.7 Å². The Morgan fingerprint density at radius 3 is 2.37 bits per heavy atom. The molecule has 1 atom stereocenters. The van der Waals surface area contributed by atoms with Crippen molar-refractivity contribution < 1.29 is 9.84 Å². The van der Waals surface area contributed by atoms with E-state index in [0.717, 1.165) is 24.7 Å². The van der Waals surface area contributed by atoms with E-state index in [9.17, 15) is 0 Å². The molecule has 2 heteroatoms. The van der Waals surface area contributed by atoms with E-state index in [-0.39, 0.29) is 5.75 Å². The Balaban J connectivity index is 1.98. The van der Waals surface area contributed by atoms with Crippen LogP contribution in [0.3, 0.4) is 0 Å². The summed E-state index contributed by atoms with van der Waals surface area (Å²) in [6.07, 6.45) is 9.06. The van der Waals surface area contributed by atoms with E-state index in [1.165, 1.54) is 38.5 Å². The standard InChI is InChI=1S/C17H28O2/c1-3-4-8-15(2)9-6-5-7-14-19-17-12-10-16(18)11-13-17/h10-13,15,18H,3-9,14H2,1-2H3/t15-/m0/s1. The van der Waals surface area contributed by atoms with Crippen molar-refractivity contribution in [2.75, 3.05) is 6.61 Å². The predicted octanol–water partition coefficient (Wildman–Crippen LogP) is 5.16. The van der Waals surface area contributed by atoms with Gasteiger partial charge in [0.1, 0.15) is 11.5 Å². The number of aromatic hydroxyl groups is 1. The van der Waals surface area contributed by atoms with E-state index in [1.807, 2.05) is 12.1 Å². The van der Waals surface area contributed by atoms with Crippen molar-refractivity contribution in [3.63, 3.8) is 0 Å². The molecule has 1 aromatic rings. The fraction of sp³-hybridized carbons (Fsp3) is 0.647. The first-order valence-electron chi connectivity index (χ1n) is 7.64. The Bertz CT molecular complexity index is 319. The van der Waals surface area contributed by atoms with E-state index in [0.29, 0.717) is 0 Å². The van der Waals surface area contributed by atoms with Gasteiger partial charge in [0, 0.05) is 0 Å². The molecule has 1 N–H and O–H groups in total. The molecule has 108 valence electrons. The van der Waals surface area contributed by atoms with E-state index >= 15 is 0 Å². The Kier molecular flexibility index (Phi) is 8.11. The molecule has 0 saturated carbocycles. The highest BCUT2D eigenvalue weighted by Crippen LogP contribution is 2.18. The molecule has 0 spiro atoms. The second-order valence-electron chi connectivity index (χ2n) is 5.44. The molecule has 0 amide bonds. The van der Waals surface area contributed by atoms with Crippen LogP contribution in [0.4, 0.5) is 0 Å². The van der Waals surface area contributed by atoms with E-state index in [4.69, 9.17) is 9.84 Å². The van der Waals surface area contributed by atoms with E-state index < -0.39 is 0 Å². The molecule has 2 nitrogen and oxygen atoms in total. The predicted molar refractivity (Wildman–Crippen MR) is 80.8 cm³/mol. The zero-order valence-electron chi connectivity index (χ0n) is 12.4. The number of phenolic OH excluding ortho intramolecular Hbond substituents is 1. The Morgan fingerprint density at radius 2 is 1.68 bits per heavy atom. The van der Waals surface area contributed by atoms with Crippen molar-refractivity contribution in [1.29, 1.82) is 0 Å². The van der Waals surface area contributed by atoms with Gasteiger partial charge >= 0.3 is 0 Å². The lowest BCUT2D eigenvalue weighted by Gasteiger charge is -2.10. The SMILES string of the molecule is CCCC[C@H](C)CCCCCOc1ccc(O)cc1. The van der Waals surface area contributed by atoms with Crippen LogP contribution in [0.5, 0.6) is 11.5 Å². The molecule has 1 aromatic carbocycles. The van der Waals surface area contributed by atoms with Crippen LogP contribution in [-0.2, 0) is 0 Å². The number of ether oxygens (including phenoxy) is 1. The lowest BCUT2D eigenvalue weighted by Crippen LogP contribution is -1.99. The zero-order chi connectivity index (χ0) is 13.9. The van der Waals surface area contributed by atoms with Gasteiger partial charge in [-0.2, -0.15) is 0 Å². The maximum Gasteiger partial charge on any atom is 0.119 e. The molecule has 0 aromatic heterocycles. The van der Waals surface area contributed by atoms with E-state index in [1.54, 1.807) is 12.1 Å². The maximum absolute atomic E-state index is 9.16. The second-order valence-corrected chi connectivity index (χ2v) is 5.44. The first-order valence-corrected chi connectivity index (χ1v) is 7.64. The fourth-order valence-electron chi connectivity index (χ4n) is 2.20. The van der Waals surface area contributed by atoms with Crippen molar-refractivity contribution >= 4 is 0 Å². The third kappa shape index (κ3) is 7.76. The average Bonchev–Trinajstić information content (AvgIpc) is 2.42. The maximum atomic E-state index is 9.16. The molecule has 0 unspecified atom stereocenters. The molecule has 1 rings (SSSR count). The summed E-state index contributed by atoms with van der Waals surface area (Å²) in [6, 6.07) is 6.93. The molecule has 0 saturated heterocycles. The highest BCUT2D eigenvalue weighted by molar-refractivity contribution is 5.29. The van der Waals surface area contributed by atoms with Crippen LogP contribution in [0.1, 0.15) is 58.8 Å². The van der Waals surface area contributed by atoms with Crippen molar-refractivity contribution in [2.24, 2.45) is 5.92 Å². The van der Waals surface area contributed by atoms with Gasteiger partial charge in [-0.05, 0) is 36.6 Å². The number of hydrogen-bond donors (Lipinski definition) is 1. The van der Waals surface area contributed by atoms with Crippen LogP contribution in [0.2, 0.25) is 0 Å². The number of unbranched alkanes of at least 4 members (excludes halogenated alkanes) is 3. The summed E-state index contributed by atoms with van der Waals surface area (Å²) in [5.74, 6) is 2.00. The van der Waals surface area contributed by atoms with Gasteiger partial charge in [-0.3, -0.25) is 0 Å². The van der Waals surface area contributed by atoms with Crippen LogP contribution >= 0.6 is 0 Å². The Morgan fingerprint density at radius 1 is 1.00 bits per heavy atom. The smallest absolute Gasteiger partial charge is 0.119 e. The van der Waals surface area contributed by atoms with Crippen molar-refractivity contribution in [1.82, 2.24) is 0 Å². The normalized spacial score (nSPS) is 12.3. The Labute approximate surface area is 117 Å². The molecule has 0 heterocycles. The number of rotatable bonds is 10. The van der Waals surface area contributed by atoms with Gasteiger partial charge < -0.3 is 9.84 Å². The third-order valence-corrected chi connectivity index (χ3v) is 3.50. The monoisotopic (exact) mass is 264 g/mol. The molecule has 0 radical (unpaired) electrons. The summed E-state index contributed by atoms with van der Waals surface area (Å²) in [5.41, 5.74) is 0. The molecule has 0 bridgehead atoms. The van der Waals surface area contributed by atoms with Crippen molar-refractivity contribution in [2.45, 2.75) is 58.8 Å². The molecule has 0 aliphatic carbocycles. The van der Waals surface area contributed by atoms with Gasteiger partial charge in [0.05, 0.1) is 6.61 Å². The molecule has 0 fully saturated rings. The van der Waals surface area contributed by atoms with Crippen LogP contribution in [0.25, 0.3) is 0 Å². The number of hydrogen-bond acceptors (Lipinski definition) is 2. The zero-order valence-corrected chi connectivity index (χ0v) is 12.4. The average molecular weight is 264 g/mol. The largest absolute Gasteiger partial charge is 0.508 e. The molecular weight excluding hydrogens is 236 g/mol. The van der Waals surface area contributed by atoms with Crippen LogP contribution in [0.15, 0.2) is 24.3 Å². The summed E-state index contributed by atoms with van der Waals surface area (Å²) in [7, 11) is 0. The van der Waals surface area contributed by atoms with Gasteiger partial charge in [0.2, 0.25) is 0 Å². The van der Waals surface area contributed by atoms with Crippen molar-refractivity contribution in [3.05, 3.63) is 24.3 Å². The lowest BCUT2D eigenvalue weighted by molar-refractivity contribution is 0.301. The third-order valence-electron chi connectivity index (χ3n) is 3.50. The quantitative estimate of drug-likeness (QED) is 0.592. The highest BCUT2D eigenvalue weighted by Gasteiger charge is 2.01. The Hall–Kier alpha value is -1.18.